The summed E-state index contributed by atoms with van der Waals surface area (Å²) in [6, 6.07) is 0. The molecule has 0 N–H and O–H groups in total. The highest BCUT2D eigenvalue weighted by Gasteiger charge is 2.26. The molecule has 0 nitrogen and oxygen atoms in total. The predicted octanol–water partition coefficient (Wildman–Crippen LogP) is 2.88. The van der Waals surface area contributed by atoms with Gasteiger partial charge in [-0.25, -0.2) is 0 Å². The van der Waals surface area contributed by atoms with Crippen molar-refractivity contribution < 1.29 is 1.43 Å². The van der Waals surface area contributed by atoms with Crippen LogP contribution in [0.5, 0.6) is 0 Å². The Morgan fingerprint density at radius 2 is 1.33 bits per heavy atom. The summed E-state index contributed by atoms with van der Waals surface area (Å²) in [6.45, 7) is 0. The summed E-state index contributed by atoms with van der Waals surface area (Å²) in [5.74, 6) is 2.05. The van der Waals surface area contributed by atoms with Gasteiger partial charge in [-0.3, -0.25) is 0 Å². The smallest absolute Gasteiger partial charge is 0.0686 e. The van der Waals surface area contributed by atoms with Crippen LogP contribution in [0.1, 0.15) is 40.0 Å². The Kier molecular flexibility index (Phi) is 1.53. The molecule has 9 heavy (non-hydrogen) atoms. The molecular formula is C8H16B. The molecule has 2 bridgehead atoms. The molecule has 0 aliphatic carbocycles. The maximum atomic E-state index is 2.62. The van der Waals surface area contributed by atoms with Crippen LogP contribution in [-0.4, -0.2) is 7.28 Å². The van der Waals surface area contributed by atoms with Gasteiger partial charge in [-0.1, -0.05) is 50.2 Å². The molecule has 2 saturated heterocycles. The molecule has 51 valence electrons. The molecule has 0 unspecified atom stereocenters. The summed E-state index contributed by atoms with van der Waals surface area (Å²) in [5, 5.41) is 0. The summed E-state index contributed by atoms with van der Waals surface area (Å²) in [7, 11) is 2.62. The van der Waals surface area contributed by atoms with Crippen LogP contribution in [0.2, 0.25) is 11.6 Å². The first-order valence-corrected chi connectivity index (χ1v) is 4.30. The molecule has 1 heteroatoms. The molecule has 2 heterocycles. The highest BCUT2D eigenvalue weighted by Crippen LogP contribution is 2.40. The fraction of sp³-hybridized carbons (Fsp3) is 1.00. The summed E-state index contributed by atoms with van der Waals surface area (Å²) in [4.78, 5) is 0. The number of hydrogen-bond acceptors (Lipinski definition) is 0. The Balaban J connectivity index is 0.000000500. The molecular weight excluding hydrogens is 107 g/mol. The van der Waals surface area contributed by atoms with E-state index >= 15 is 0 Å². The average molecular weight is 123 g/mol. The maximum absolute atomic E-state index is 2.62. The first-order valence-electron chi connectivity index (χ1n) is 4.30. The fourth-order valence-electron chi connectivity index (χ4n) is 2.34. The van der Waals surface area contributed by atoms with Crippen molar-refractivity contribution in [1.29, 1.82) is 0 Å². The van der Waals surface area contributed by atoms with Crippen LogP contribution < -0.4 is 0 Å². The van der Waals surface area contributed by atoms with Gasteiger partial charge in [0.1, 0.15) is 7.28 Å². The third-order valence-electron chi connectivity index (χ3n) is 2.84. The minimum atomic E-state index is 0. The Morgan fingerprint density at radius 3 is 1.67 bits per heavy atom. The molecule has 0 aromatic heterocycles. The van der Waals surface area contributed by atoms with E-state index in [0.717, 1.165) is 11.6 Å². The van der Waals surface area contributed by atoms with E-state index in [1.54, 1.807) is 0 Å². The van der Waals surface area contributed by atoms with Gasteiger partial charge in [0.2, 0.25) is 0 Å². The SMILES string of the molecule is [B]1C2CCCC1CCC2.[HH]. The third-order valence-corrected chi connectivity index (χ3v) is 2.84. The van der Waals surface area contributed by atoms with E-state index in [-0.39, 0.29) is 1.43 Å². The normalized spacial score (nSPS) is 41.8. The molecule has 2 rings (SSSR count). The topological polar surface area (TPSA) is 0 Å². The number of rotatable bonds is 0. The lowest BCUT2D eigenvalue weighted by molar-refractivity contribution is 0.455. The van der Waals surface area contributed by atoms with Crippen LogP contribution in [0.25, 0.3) is 0 Å². The zero-order valence-corrected chi connectivity index (χ0v) is 5.97. The van der Waals surface area contributed by atoms with Crippen molar-refractivity contribution in [3.8, 4) is 0 Å². The molecule has 2 aliphatic heterocycles. The Hall–Kier alpha value is 0.0649. The van der Waals surface area contributed by atoms with Crippen molar-refractivity contribution >= 4 is 7.28 Å². The van der Waals surface area contributed by atoms with Gasteiger partial charge in [-0.15, -0.1) is 0 Å². The molecule has 0 saturated carbocycles. The molecule has 2 aliphatic rings. The lowest BCUT2D eigenvalue weighted by Gasteiger charge is -2.33. The average Bonchev–Trinajstić information content (AvgIpc) is 1.88. The quantitative estimate of drug-likeness (QED) is 0.434. The molecule has 0 aromatic rings. The fourth-order valence-corrected chi connectivity index (χ4v) is 2.34. The monoisotopic (exact) mass is 123 g/mol. The van der Waals surface area contributed by atoms with Crippen molar-refractivity contribution in [2.45, 2.75) is 50.2 Å². The zero-order valence-electron chi connectivity index (χ0n) is 5.97. The van der Waals surface area contributed by atoms with Crippen LogP contribution in [0, 0.1) is 0 Å². The number of fused-ring (bicyclic) bond motifs is 2. The van der Waals surface area contributed by atoms with E-state index in [1.807, 2.05) is 0 Å². The molecule has 0 spiro atoms. The Morgan fingerprint density at radius 1 is 0.889 bits per heavy atom. The zero-order chi connectivity index (χ0) is 6.10. The van der Waals surface area contributed by atoms with Crippen molar-refractivity contribution in [3.05, 3.63) is 0 Å². The van der Waals surface area contributed by atoms with Gasteiger partial charge >= 0.3 is 0 Å². The summed E-state index contributed by atoms with van der Waals surface area (Å²) in [5.41, 5.74) is 0. The second kappa shape index (κ2) is 2.36. The van der Waals surface area contributed by atoms with Gasteiger partial charge in [0.15, 0.2) is 0 Å². The highest BCUT2D eigenvalue weighted by molar-refractivity contribution is 6.40. The molecule has 0 amide bonds. The van der Waals surface area contributed by atoms with Gasteiger partial charge in [-0.05, 0) is 0 Å². The highest BCUT2D eigenvalue weighted by atomic mass is 14.2. The Labute approximate surface area is 59.8 Å². The van der Waals surface area contributed by atoms with Gasteiger partial charge in [0.25, 0.3) is 0 Å². The van der Waals surface area contributed by atoms with Crippen LogP contribution in [0.15, 0.2) is 0 Å². The minimum Gasteiger partial charge on any atom is -0.0686 e. The maximum Gasteiger partial charge on any atom is 0.117 e. The molecule has 0 aromatic carbocycles. The van der Waals surface area contributed by atoms with Crippen molar-refractivity contribution in [3.63, 3.8) is 0 Å². The standard InChI is InChI=1S/C8H14B.H2/c1-3-7-5-2-6-8(4-1)9-7;/h7-8H,1-6H2;1H. The van der Waals surface area contributed by atoms with Crippen LogP contribution in [0.3, 0.4) is 0 Å². The first kappa shape index (κ1) is 5.82. The van der Waals surface area contributed by atoms with Crippen molar-refractivity contribution in [2.24, 2.45) is 0 Å². The van der Waals surface area contributed by atoms with E-state index in [4.69, 9.17) is 0 Å². The molecule has 1 radical (unpaired) electrons. The van der Waals surface area contributed by atoms with Gasteiger partial charge in [0, 0.05) is 1.43 Å². The summed E-state index contributed by atoms with van der Waals surface area (Å²) < 4.78 is 0. The predicted molar refractivity (Wildman–Crippen MR) is 43.1 cm³/mol. The van der Waals surface area contributed by atoms with E-state index in [0.29, 0.717) is 0 Å². The second-order valence-electron chi connectivity index (χ2n) is 3.57. The van der Waals surface area contributed by atoms with E-state index in [9.17, 15) is 0 Å². The van der Waals surface area contributed by atoms with Crippen LogP contribution >= 0.6 is 0 Å². The third kappa shape index (κ3) is 1.15. The second-order valence-corrected chi connectivity index (χ2v) is 3.57. The van der Waals surface area contributed by atoms with E-state index < -0.39 is 0 Å². The Bertz CT molecular complexity index is 85.4. The van der Waals surface area contributed by atoms with Gasteiger partial charge < -0.3 is 0 Å². The van der Waals surface area contributed by atoms with Crippen molar-refractivity contribution in [1.82, 2.24) is 0 Å². The van der Waals surface area contributed by atoms with E-state index in [2.05, 4.69) is 7.28 Å². The summed E-state index contributed by atoms with van der Waals surface area (Å²) in [6.07, 6.45) is 9.00. The van der Waals surface area contributed by atoms with E-state index in [1.165, 1.54) is 38.5 Å². The summed E-state index contributed by atoms with van der Waals surface area (Å²) >= 11 is 0. The largest absolute Gasteiger partial charge is 0.117 e. The van der Waals surface area contributed by atoms with Gasteiger partial charge in [0.05, 0.1) is 0 Å². The number of hydrogen-bond donors (Lipinski definition) is 0. The lowest BCUT2D eigenvalue weighted by Crippen LogP contribution is -2.21. The van der Waals surface area contributed by atoms with Crippen LogP contribution in [-0.2, 0) is 0 Å². The lowest BCUT2D eigenvalue weighted by atomic mass is 9.44. The minimum absolute atomic E-state index is 0. The molecule has 2 fully saturated rings. The van der Waals surface area contributed by atoms with Crippen molar-refractivity contribution in [2.75, 3.05) is 0 Å². The first-order chi connectivity index (χ1) is 4.45. The van der Waals surface area contributed by atoms with Crippen LogP contribution in [0.4, 0.5) is 0 Å². The molecule has 0 atom stereocenters. The van der Waals surface area contributed by atoms with Gasteiger partial charge in [-0.2, -0.15) is 0 Å².